The van der Waals surface area contributed by atoms with Gasteiger partial charge in [0.1, 0.15) is 6.42 Å². The predicted molar refractivity (Wildman–Crippen MR) is 74.3 cm³/mol. The molecule has 108 valence electrons. The topological polar surface area (TPSA) is 84.5 Å². The number of carbonyl (C=O) groups excluding carboxylic acids is 3. The van der Waals surface area contributed by atoms with Crippen molar-refractivity contribution in [2.45, 2.75) is 19.8 Å². The molecule has 0 saturated carbocycles. The van der Waals surface area contributed by atoms with E-state index in [-0.39, 0.29) is 12.3 Å². The Bertz CT molecular complexity index is 500. The molecule has 1 aromatic rings. The van der Waals surface area contributed by atoms with Crippen LogP contribution in [0.25, 0.3) is 0 Å². The third-order valence-corrected chi connectivity index (χ3v) is 2.46. The molecule has 1 aromatic carbocycles. The fourth-order valence-electron chi connectivity index (χ4n) is 1.52. The molecule has 1 rings (SSSR count). The first kappa shape index (κ1) is 15.7. The lowest BCUT2D eigenvalue weighted by Crippen LogP contribution is -2.28. The van der Waals surface area contributed by atoms with Gasteiger partial charge in [-0.05, 0) is 24.6 Å². The molecule has 0 spiro atoms. The largest absolute Gasteiger partial charge is 0.465 e. The molecule has 0 atom stereocenters. The molecule has 20 heavy (non-hydrogen) atoms. The van der Waals surface area contributed by atoms with E-state index in [9.17, 15) is 14.4 Å². The summed E-state index contributed by atoms with van der Waals surface area (Å²) in [6.07, 6.45) is 0.566. The number of esters is 1. The Hall–Kier alpha value is -2.37. The molecule has 0 heterocycles. The van der Waals surface area contributed by atoms with E-state index in [2.05, 4.69) is 15.4 Å². The van der Waals surface area contributed by atoms with Gasteiger partial charge in [0.2, 0.25) is 11.8 Å². The van der Waals surface area contributed by atoms with Crippen molar-refractivity contribution in [1.82, 2.24) is 5.32 Å². The van der Waals surface area contributed by atoms with Crippen LogP contribution in [0, 0.1) is 0 Å². The Balaban J connectivity index is 2.57. The van der Waals surface area contributed by atoms with Crippen molar-refractivity contribution in [3.8, 4) is 0 Å². The first-order chi connectivity index (χ1) is 9.56. The van der Waals surface area contributed by atoms with Crippen LogP contribution in [0.3, 0.4) is 0 Å². The SMILES string of the molecule is CCCNC(=O)CC(=O)Nc1cccc(C(=O)OC)c1. The lowest BCUT2D eigenvalue weighted by atomic mass is 10.2. The zero-order valence-electron chi connectivity index (χ0n) is 11.6. The van der Waals surface area contributed by atoms with E-state index in [1.165, 1.54) is 13.2 Å². The van der Waals surface area contributed by atoms with E-state index in [1.807, 2.05) is 6.92 Å². The van der Waals surface area contributed by atoms with Crippen LogP contribution in [-0.4, -0.2) is 31.4 Å². The Morgan fingerprint density at radius 2 is 1.95 bits per heavy atom. The van der Waals surface area contributed by atoms with E-state index in [0.717, 1.165) is 6.42 Å². The van der Waals surface area contributed by atoms with Crippen molar-refractivity contribution in [2.75, 3.05) is 19.0 Å². The fraction of sp³-hybridized carbons (Fsp3) is 0.357. The van der Waals surface area contributed by atoms with Gasteiger partial charge >= 0.3 is 5.97 Å². The Morgan fingerprint density at radius 3 is 2.60 bits per heavy atom. The number of methoxy groups -OCH3 is 1. The molecule has 0 unspecified atom stereocenters. The third kappa shape index (κ3) is 5.09. The van der Waals surface area contributed by atoms with E-state index in [0.29, 0.717) is 17.8 Å². The van der Waals surface area contributed by atoms with Gasteiger partial charge in [0.15, 0.2) is 0 Å². The van der Waals surface area contributed by atoms with Crippen molar-refractivity contribution in [1.29, 1.82) is 0 Å². The van der Waals surface area contributed by atoms with E-state index < -0.39 is 11.9 Å². The first-order valence-electron chi connectivity index (χ1n) is 6.31. The summed E-state index contributed by atoms with van der Waals surface area (Å²) in [5.41, 5.74) is 0.780. The van der Waals surface area contributed by atoms with Crippen molar-refractivity contribution < 1.29 is 19.1 Å². The summed E-state index contributed by atoms with van der Waals surface area (Å²) in [5, 5.41) is 5.17. The number of nitrogens with one attached hydrogen (secondary N) is 2. The number of anilines is 1. The molecular weight excluding hydrogens is 260 g/mol. The van der Waals surface area contributed by atoms with Crippen LogP contribution in [0.4, 0.5) is 5.69 Å². The first-order valence-corrected chi connectivity index (χ1v) is 6.31. The summed E-state index contributed by atoms with van der Waals surface area (Å²) in [7, 11) is 1.28. The Labute approximate surface area is 117 Å². The second-order valence-corrected chi connectivity index (χ2v) is 4.15. The standard InChI is InChI=1S/C14H18N2O4/c1-3-7-15-12(17)9-13(18)16-11-6-4-5-10(8-11)14(19)20-2/h4-6,8H,3,7,9H2,1-2H3,(H,15,17)(H,16,18). The van der Waals surface area contributed by atoms with Crippen LogP contribution in [0.2, 0.25) is 0 Å². The third-order valence-electron chi connectivity index (χ3n) is 2.46. The predicted octanol–water partition coefficient (Wildman–Crippen LogP) is 1.33. The monoisotopic (exact) mass is 278 g/mol. The van der Waals surface area contributed by atoms with Gasteiger partial charge < -0.3 is 15.4 Å². The summed E-state index contributed by atoms with van der Waals surface area (Å²) in [6, 6.07) is 6.33. The molecule has 6 nitrogen and oxygen atoms in total. The molecule has 0 aromatic heterocycles. The molecule has 2 N–H and O–H groups in total. The maximum atomic E-state index is 11.6. The molecular formula is C14H18N2O4. The average Bonchev–Trinajstić information content (AvgIpc) is 2.44. The normalized spacial score (nSPS) is 9.70. The van der Waals surface area contributed by atoms with Crippen LogP contribution >= 0.6 is 0 Å². The second kappa shape index (κ2) is 7.93. The lowest BCUT2D eigenvalue weighted by molar-refractivity contribution is -0.126. The van der Waals surface area contributed by atoms with E-state index in [1.54, 1.807) is 18.2 Å². The zero-order chi connectivity index (χ0) is 15.0. The molecule has 0 saturated heterocycles. The molecule has 0 aliphatic heterocycles. The highest BCUT2D eigenvalue weighted by molar-refractivity contribution is 6.04. The smallest absolute Gasteiger partial charge is 0.337 e. The van der Waals surface area contributed by atoms with Crippen LogP contribution in [0.1, 0.15) is 30.1 Å². The van der Waals surface area contributed by atoms with E-state index in [4.69, 9.17) is 0 Å². The number of rotatable bonds is 6. The molecule has 0 radical (unpaired) electrons. The molecule has 0 aliphatic carbocycles. The lowest BCUT2D eigenvalue weighted by Gasteiger charge is -2.07. The summed E-state index contributed by atoms with van der Waals surface area (Å²) in [4.78, 5) is 34.4. The number of carbonyl (C=O) groups is 3. The van der Waals surface area contributed by atoms with Gasteiger partial charge in [-0.3, -0.25) is 9.59 Å². The van der Waals surface area contributed by atoms with Gasteiger partial charge in [-0.15, -0.1) is 0 Å². The van der Waals surface area contributed by atoms with Gasteiger partial charge in [-0.2, -0.15) is 0 Å². The molecule has 0 fully saturated rings. The van der Waals surface area contributed by atoms with Crippen LogP contribution in [0.5, 0.6) is 0 Å². The molecule has 0 bridgehead atoms. The van der Waals surface area contributed by atoms with E-state index >= 15 is 0 Å². The van der Waals surface area contributed by atoms with Crippen molar-refractivity contribution in [3.05, 3.63) is 29.8 Å². The Morgan fingerprint density at radius 1 is 1.20 bits per heavy atom. The molecule has 6 heteroatoms. The minimum absolute atomic E-state index is 0.248. The quantitative estimate of drug-likeness (QED) is 0.607. The maximum absolute atomic E-state index is 11.6. The number of amides is 2. The average molecular weight is 278 g/mol. The number of benzene rings is 1. The van der Waals surface area contributed by atoms with Crippen molar-refractivity contribution >= 4 is 23.5 Å². The highest BCUT2D eigenvalue weighted by Gasteiger charge is 2.10. The van der Waals surface area contributed by atoms with Gasteiger partial charge in [-0.1, -0.05) is 13.0 Å². The summed E-state index contributed by atoms with van der Waals surface area (Å²) < 4.78 is 4.59. The highest BCUT2D eigenvalue weighted by atomic mass is 16.5. The minimum Gasteiger partial charge on any atom is -0.465 e. The van der Waals surface area contributed by atoms with Gasteiger partial charge in [-0.25, -0.2) is 4.79 Å². The zero-order valence-corrected chi connectivity index (χ0v) is 11.6. The summed E-state index contributed by atoms with van der Waals surface area (Å²) >= 11 is 0. The number of hydrogen-bond acceptors (Lipinski definition) is 4. The van der Waals surface area contributed by atoms with Crippen molar-refractivity contribution in [2.24, 2.45) is 0 Å². The van der Waals surface area contributed by atoms with Crippen LogP contribution in [0.15, 0.2) is 24.3 Å². The van der Waals surface area contributed by atoms with Gasteiger partial charge in [0.05, 0.1) is 12.7 Å². The Kier molecular flexibility index (Phi) is 6.22. The number of hydrogen-bond donors (Lipinski definition) is 2. The number of ether oxygens (including phenoxy) is 1. The second-order valence-electron chi connectivity index (χ2n) is 4.15. The highest BCUT2D eigenvalue weighted by Crippen LogP contribution is 2.11. The molecule has 2 amide bonds. The minimum atomic E-state index is -0.484. The summed E-state index contributed by atoms with van der Waals surface area (Å²) in [5.74, 6) is -1.24. The van der Waals surface area contributed by atoms with Gasteiger partial charge in [0, 0.05) is 12.2 Å². The van der Waals surface area contributed by atoms with Gasteiger partial charge in [0.25, 0.3) is 0 Å². The fourth-order valence-corrected chi connectivity index (χ4v) is 1.52. The van der Waals surface area contributed by atoms with Crippen molar-refractivity contribution in [3.63, 3.8) is 0 Å². The van der Waals surface area contributed by atoms with Crippen LogP contribution < -0.4 is 10.6 Å². The molecule has 0 aliphatic rings. The summed E-state index contributed by atoms with van der Waals surface area (Å²) in [6.45, 7) is 2.47. The maximum Gasteiger partial charge on any atom is 0.337 e. The van der Waals surface area contributed by atoms with Crippen LogP contribution in [-0.2, 0) is 14.3 Å².